The summed E-state index contributed by atoms with van der Waals surface area (Å²) >= 11 is 3.14. The molecule has 0 unspecified atom stereocenters. The normalized spacial score (nSPS) is 18.5. The fourth-order valence-corrected chi connectivity index (χ4v) is 9.83. The first kappa shape index (κ1) is 28.8. The Labute approximate surface area is 253 Å². The van der Waals surface area contributed by atoms with E-state index in [1.165, 1.54) is 18.4 Å². The largest absolute Gasteiger partial charge is 0.380 e. The van der Waals surface area contributed by atoms with Gasteiger partial charge in [-0.25, -0.2) is 0 Å². The van der Waals surface area contributed by atoms with Gasteiger partial charge in [0, 0.05) is 57.4 Å². The smallest absolute Gasteiger partial charge is 0.359 e. The predicted molar refractivity (Wildman–Crippen MR) is 164 cm³/mol. The van der Waals surface area contributed by atoms with E-state index in [9.17, 15) is 0 Å². The van der Waals surface area contributed by atoms with E-state index in [2.05, 4.69) is 0 Å². The number of rotatable bonds is 6. The number of thiophene rings is 3. The summed E-state index contributed by atoms with van der Waals surface area (Å²) in [6.07, 6.45) is -0.918. The third-order valence-electron chi connectivity index (χ3n) is 8.03. The highest BCUT2D eigenvalue weighted by Crippen LogP contribution is 2.67. The molecule has 0 aliphatic heterocycles. The number of alkyl halides is 6. The second-order valence-electron chi connectivity index (χ2n) is 10.5. The fraction of sp³-hybridized carbons (Fsp3) is 0.250. The maximum absolute atomic E-state index is 16.0. The Bertz CT molecular complexity index is 2100. The third-order valence-corrected chi connectivity index (χ3v) is 11.6. The first-order valence-corrected chi connectivity index (χ1v) is 15.7. The maximum Gasteiger partial charge on any atom is 0.380 e. The van der Waals surface area contributed by atoms with Crippen molar-refractivity contribution >= 4 is 85.5 Å². The lowest BCUT2D eigenvalue weighted by Gasteiger charge is -2.26. The van der Waals surface area contributed by atoms with E-state index >= 15 is 26.3 Å². The SMILES string of the molecule is COCO[C@@H](C)c1c(C2=C(c3sc4ccc5sc6ccccc6c5c4c3C)C(F)(F)C(F)(F)C2(F)F)sc2ccccc12. The molecule has 2 nitrogen and oxygen atoms in total. The van der Waals surface area contributed by atoms with Crippen LogP contribution in [0.4, 0.5) is 26.3 Å². The lowest BCUT2D eigenvalue weighted by Crippen LogP contribution is -2.48. The van der Waals surface area contributed by atoms with Gasteiger partial charge < -0.3 is 9.47 Å². The van der Waals surface area contributed by atoms with Crippen LogP contribution >= 0.6 is 34.0 Å². The lowest BCUT2D eigenvalue weighted by molar-refractivity contribution is -0.254. The Morgan fingerprint density at radius 1 is 0.674 bits per heavy atom. The second kappa shape index (κ2) is 9.77. The van der Waals surface area contributed by atoms with E-state index in [-0.39, 0.29) is 27.7 Å². The molecule has 11 heteroatoms. The summed E-state index contributed by atoms with van der Waals surface area (Å²) in [7, 11) is 1.38. The minimum absolute atomic E-state index is 0.142. The first-order chi connectivity index (χ1) is 20.4. The van der Waals surface area contributed by atoms with E-state index in [1.54, 1.807) is 44.2 Å². The second-order valence-corrected chi connectivity index (χ2v) is 13.7. The molecule has 0 bridgehead atoms. The Morgan fingerprint density at radius 2 is 1.21 bits per heavy atom. The molecule has 1 aliphatic carbocycles. The van der Waals surface area contributed by atoms with Crippen LogP contribution in [0.3, 0.4) is 0 Å². The summed E-state index contributed by atoms with van der Waals surface area (Å²) in [5.41, 5.74) is -2.28. The zero-order valence-corrected chi connectivity index (χ0v) is 25.3. The molecule has 222 valence electrons. The number of hydrogen-bond donors (Lipinski definition) is 0. The van der Waals surface area contributed by atoms with Gasteiger partial charge in [-0.05, 0) is 49.1 Å². The lowest BCUT2D eigenvalue weighted by atomic mass is 9.96. The van der Waals surface area contributed by atoms with Gasteiger partial charge in [0.05, 0.1) is 17.3 Å². The molecule has 0 radical (unpaired) electrons. The molecule has 0 fully saturated rings. The summed E-state index contributed by atoms with van der Waals surface area (Å²) < 4.78 is 108. The Kier molecular flexibility index (Phi) is 6.54. The van der Waals surface area contributed by atoms with E-state index in [1.807, 2.05) is 30.3 Å². The molecule has 1 atom stereocenters. The van der Waals surface area contributed by atoms with Crippen LogP contribution in [0.1, 0.15) is 33.9 Å². The number of halogens is 6. The molecule has 3 heterocycles. The van der Waals surface area contributed by atoms with Gasteiger partial charge in [-0.2, -0.15) is 26.3 Å². The van der Waals surface area contributed by atoms with E-state index in [0.29, 0.717) is 20.2 Å². The van der Waals surface area contributed by atoms with Crippen LogP contribution in [0.5, 0.6) is 0 Å². The predicted octanol–water partition coefficient (Wildman–Crippen LogP) is 11.3. The van der Waals surface area contributed by atoms with Crippen LogP contribution in [0.25, 0.3) is 51.5 Å². The summed E-state index contributed by atoms with van der Waals surface area (Å²) in [5, 5.41) is 2.75. The zero-order valence-electron chi connectivity index (χ0n) is 22.9. The number of aryl methyl sites for hydroxylation is 1. The maximum atomic E-state index is 16.0. The molecular weight excluding hydrogens is 627 g/mol. The quantitative estimate of drug-likeness (QED) is 0.132. The number of methoxy groups -OCH3 is 1. The van der Waals surface area contributed by atoms with Gasteiger partial charge >= 0.3 is 17.8 Å². The van der Waals surface area contributed by atoms with Gasteiger partial charge in [-0.15, -0.1) is 34.0 Å². The van der Waals surface area contributed by atoms with Gasteiger partial charge in [-0.3, -0.25) is 0 Å². The number of hydrogen-bond acceptors (Lipinski definition) is 5. The van der Waals surface area contributed by atoms with Gasteiger partial charge in [0.25, 0.3) is 0 Å². The first-order valence-electron chi connectivity index (χ1n) is 13.3. The van der Waals surface area contributed by atoms with Crippen molar-refractivity contribution in [2.24, 2.45) is 0 Å². The van der Waals surface area contributed by atoms with E-state index in [0.717, 1.165) is 42.8 Å². The molecule has 7 rings (SSSR count). The fourth-order valence-electron chi connectivity index (χ4n) is 6.04. The van der Waals surface area contributed by atoms with Crippen LogP contribution in [-0.2, 0) is 9.47 Å². The molecule has 1 aliphatic rings. The highest BCUT2D eigenvalue weighted by molar-refractivity contribution is 7.26. The molecule has 0 saturated heterocycles. The standard InChI is InChI=1S/C32H22F6O2S3/c1-15-23-21(12-13-22-25(23)18-9-5-6-10-19(18)41-22)43-28(15)26-27(31(35,36)32(37,38)30(26,33)34)29-24(16(2)40-14-39-3)17-8-4-7-11-20(17)42-29/h4-13,16H,14H2,1-3H3/t16-/m0/s1. The number of ether oxygens (including phenoxy) is 2. The number of fused-ring (bicyclic) bond motifs is 6. The Balaban J connectivity index is 1.60. The number of benzene rings is 3. The van der Waals surface area contributed by atoms with E-state index in [4.69, 9.17) is 9.47 Å². The van der Waals surface area contributed by atoms with Crippen molar-refractivity contribution in [2.75, 3.05) is 13.9 Å². The summed E-state index contributed by atoms with van der Waals surface area (Å²) in [6, 6.07) is 17.8. The monoisotopic (exact) mass is 648 g/mol. The minimum atomic E-state index is -5.66. The van der Waals surface area contributed by atoms with Crippen molar-refractivity contribution in [3.63, 3.8) is 0 Å². The average molecular weight is 649 g/mol. The summed E-state index contributed by atoms with van der Waals surface area (Å²) in [4.78, 5) is -0.617. The molecule has 0 spiro atoms. The van der Waals surface area contributed by atoms with Crippen molar-refractivity contribution < 1.29 is 35.8 Å². The van der Waals surface area contributed by atoms with Crippen molar-refractivity contribution in [2.45, 2.75) is 37.7 Å². The van der Waals surface area contributed by atoms with Gasteiger partial charge in [0.2, 0.25) is 0 Å². The van der Waals surface area contributed by atoms with Crippen LogP contribution in [0.2, 0.25) is 0 Å². The van der Waals surface area contributed by atoms with Crippen LogP contribution < -0.4 is 0 Å². The number of allylic oxidation sites excluding steroid dienone is 2. The molecule has 6 aromatic rings. The summed E-state index contributed by atoms with van der Waals surface area (Å²) in [5.74, 6) is -16.0. The molecule has 43 heavy (non-hydrogen) atoms. The topological polar surface area (TPSA) is 18.5 Å². The van der Waals surface area contributed by atoms with Crippen LogP contribution in [-0.4, -0.2) is 31.7 Å². The van der Waals surface area contributed by atoms with Crippen LogP contribution in [0, 0.1) is 6.92 Å². The summed E-state index contributed by atoms with van der Waals surface area (Å²) in [6.45, 7) is 2.90. The highest BCUT2D eigenvalue weighted by atomic mass is 32.1. The third kappa shape index (κ3) is 3.84. The average Bonchev–Trinajstić information content (AvgIpc) is 3.66. The molecule has 0 N–H and O–H groups in total. The van der Waals surface area contributed by atoms with Gasteiger partial charge in [0.15, 0.2) is 0 Å². The molecule has 3 aromatic carbocycles. The molecular formula is C32H22F6O2S3. The van der Waals surface area contributed by atoms with E-state index < -0.39 is 35.0 Å². The van der Waals surface area contributed by atoms with Gasteiger partial charge in [-0.1, -0.05) is 36.4 Å². The molecule has 0 amide bonds. The van der Waals surface area contributed by atoms with Crippen molar-refractivity contribution in [3.8, 4) is 0 Å². The Hall–Kier alpha value is -2.96. The molecule has 0 saturated carbocycles. The van der Waals surface area contributed by atoms with Crippen LogP contribution in [0.15, 0.2) is 60.7 Å². The zero-order chi connectivity index (χ0) is 30.5. The molecule has 3 aromatic heterocycles. The van der Waals surface area contributed by atoms with Crippen molar-refractivity contribution in [3.05, 3.63) is 81.5 Å². The highest BCUT2D eigenvalue weighted by Gasteiger charge is 2.81. The van der Waals surface area contributed by atoms with Crippen molar-refractivity contribution in [1.29, 1.82) is 0 Å². The Morgan fingerprint density at radius 3 is 1.86 bits per heavy atom. The van der Waals surface area contributed by atoms with Crippen molar-refractivity contribution in [1.82, 2.24) is 0 Å². The minimum Gasteiger partial charge on any atom is -0.359 e. The van der Waals surface area contributed by atoms with Gasteiger partial charge in [0.1, 0.15) is 6.79 Å².